The van der Waals surface area contributed by atoms with Crippen LogP contribution in [0.2, 0.25) is 0 Å². The van der Waals surface area contributed by atoms with Crippen molar-refractivity contribution in [3.8, 4) is 0 Å². The van der Waals surface area contributed by atoms with Crippen LogP contribution in [-0.2, 0) is 4.79 Å². The van der Waals surface area contributed by atoms with Gasteiger partial charge < -0.3 is 16.0 Å². The third-order valence-electron chi connectivity index (χ3n) is 4.96. The summed E-state index contributed by atoms with van der Waals surface area (Å²) in [5.74, 6) is -0.103. The van der Waals surface area contributed by atoms with Crippen LogP contribution in [0.25, 0.3) is 0 Å². The van der Waals surface area contributed by atoms with Crippen molar-refractivity contribution in [3.63, 3.8) is 0 Å². The summed E-state index contributed by atoms with van der Waals surface area (Å²) in [6.45, 7) is 3.15. The molecule has 27 heavy (non-hydrogen) atoms. The van der Waals surface area contributed by atoms with Gasteiger partial charge in [-0.3, -0.25) is 9.59 Å². The molecule has 1 saturated heterocycles. The molecule has 5 nitrogen and oxygen atoms in total. The predicted molar refractivity (Wildman–Crippen MR) is 109 cm³/mol. The number of nitrogens with two attached hydrogens (primary N) is 1. The maximum atomic E-state index is 12.6. The average Bonchev–Trinajstić information content (AvgIpc) is 2.68. The molecule has 1 atom stereocenters. The van der Waals surface area contributed by atoms with E-state index in [9.17, 15) is 9.59 Å². The quantitative estimate of drug-likeness (QED) is 0.847. The standard InChI is InChI=1S/C21H25N3O2.ClH/c1-15-7-5-6-10-18(15)20(25)23-17-11-13-24(14-12-17)21(26)19(22)16-8-3-2-4-9-16;/h2-10,17,19H,11-14,22H2,1H3,(H,23,25);1H. The van der Waals surface area contributed by atoms with Gasteiger partial charge in [-0.05, 0) is 37.0 Å². The van der Waals surface area contributed by atoms with E-state index in [0.717, 1.165) is 24.0 Å². The lowest BCUT2D eigenvalue weighted by atomic mass is 10.0. The summed E-state index contributed by atoms with van der Waals surface area (Å²) in [5.41, 5.74) is 8.61. The number of carbonyl (C=O) groups excluding carboxylic acids is 2. The molecule has 0 spiro atoms. The average molecular weight is 388 g/mol. The fraction of sp³-hybridized carbons (Fsp3) is 0.333. The minimum atomic E-state index is -0.630. The molecule has 0 bridgehead atoms. The molecule has 0 saturated carbocycles. The maximum Gasteiger partial charge on any atom is 0.251 e. The van der Waals surface area contributed by atoms with E-state index in [4.69, 9.17) is 5.73 Å². The van der Waals surface area contributed by atoms with E-state index in [1.54, 1.807) is 4.90 Å². The number of nitrogens with zero attached hydrogens (tertiary/aromatic N) is 1. The summed E-state index contributed by atoms with van der Waals surface area (Å²) in [7, 11) is 0. The van der Waals surface area contributed by atoms with Crippen molar-refractivity contribution in [3.05, 3.63) is 71.3 Å². The Morgan fingerprint density at radius 2 is 1.63 bits per heavy atom. The van der Waals surface area contributed by atoms with Crippen molar-refractivity contribution in [1.82, 2.24) is 10.2 Å². The summed E-state index contributed by atoms with van der Waals surface area (Å²) < 4.78 is 0. The second-order valence-corrected chi connectivity index (χ2v) is 6.78. The number of amides is 2. The lowest BCUT2D eigenvalue weighted by Crippen LogP contribution is -2.48. The predicted octanol–water partition coefficient (Wildman–Crippen LogP) is 2.84. The fourth-order valence-electron chi connectivity index (χ4n) is 3.33. The number of rotatable bonds is 4. The van der Waals surface area contributed by atoms with Crippen LogP contribution in [0.4, 0.5) is 0 Å². The van der Waals surface area contributed by atoms with Gasteiger partial charge in [0.15, 0.2) is 0 Å². The number of aryl methyl sites for hydroxylation is 1. The van der Waals surface area contributed by atoms with Crippen LogP contribution < -0.4 is 11.1 Å². The van der Waals surface area contributed by atoms with E-state index in [0.29, 0.717) is 18.7 Å². The van der Waals surface area contributed by atoms with Gasteiger partial charge in [-0.15, -0.1) is 12.4 Å². The van der Waals surface area contributed by atoms with Crippen LogP contribution in [0.1, 0.15) is 40.4 Å². The number of likely N-dealkylation sites (tertiary alicyclic amines) is 1. The Bertz CT molecular complexity index is 774. The van der Waals surface area contributed by atoms with Crippen molar-refractivity contribution in [2.45, 2.75) is 31.8 Å². The summed E-state index contributed by atoms with van der Waals surface area (Å²) in [6.07, 6.45) is 1.48. The minimum absolute atomic E-state index is 0. The molecule has 1 aliphatic rings. The second kappa shape index (κ2) is 9.53. The monoisotopic (exact) mass is 387 g/mol. The van der Waals surface area contributed by atoms with E-state index in [2.05, 4.69) is 5.32 Å². The Hall–Kier alpha value is -2.37. The molecule has 3 N–H and O–H groups in total. The largest absolute Gasteiger partial charge is 0.349 e. The molecule has 2 aromatic carbocycles. The van der Waals surface area contributed by atoms with Gasteiger partial charge in [0.25, 0.3) is 5.91 Å². The van der Waals surface area contributed by atoms with Crippen molar-refractivity contribution in [2.75, 3.05) is 13.1 Å². The SMILES string of the molecule is Cc1ccccc1C(=O)NC1CCN(C(=O)C(N)c2ccccc2)CC1.Cl. The highest BCUT2D eigenvalue weighted by molar-refractivity contribution is 5.95. The maximum absolute atomic E-state index is 12.6. The highest BCUT2D eigenvalue weighted by atomic mass is 35.5. The number of hydrogen-bond donors (Lipinski definition) is 2. The van der Waals surface area contributed by atoms with E-state index >= 15 is 0 Å². The lowest BCUT2D eigenvalue weighted by molar-refractivity contribution is -0.133. The molecule has 6 heteroatoms. The summed E-state index contributed by atoms with van der Waals surface area (Å²) in [5, 5.41) is 3.09. The zero-order valence-electron chi connectivity index (χ0n) is 15.4. The smallest absolute Gasteiger partial charge is 0.251 e. The van der Waals surface area contributed by atoms with Crippen LogP contribution in [0.15, 0.2) is 54.6 Å². The molecule has 144 valence electrons. The van der Waals surface area contributed by atoms with Crippen LogP contribution in [-0.4, -0.2) is 35.8 Å². The zero-order chi connectivity index (χ0) is 18.5. The number of piperidine rings is 1. The molecule has 0 radical (unpaired) electrons. The molecule has 2 amide bonds. The topological polar surface area (TPSA) is 75.4 Å². The Labute approximate surface area is 166 Å². The lowest BCUT2D eigenvalue weighted by Gasteiger charge is -2.34. The van der Waals surface area contributed by atoms with E-state index in [1.165, 1.54) is 0 Å². The number of halogens is 1. The van der Waals surface area contributed by atoms with Crippen molar-refractivity contribution < 1.29 is 9.59 Å². The van der Waals surface area contributed by atoms with Gasteiger partial charge in [-0.25, -0.2) is 0 Å². The highest BCUT2D eigenvalue weighted by Crippen LogP contribution is 2.18. The summed E-state index contributed by atoms with van der Waals surface area (Å²) in [6, 6.07) is 16.4. The highest BCUT2D eigenvalue weighted by Gasteiger charge is 2.28. The molecule has 0 aliphatic carbocycles. The Balaban J connectivity index is 0.00000261. The van der Waals surface area contributed by atoms with Gasteiger partial charge in [0.2, 0.25) is 5.91 Å². The molecule has 2 aromatic rings. The number of hydrogen-bond acceptors (Lipinski definition) is 3. The Morgan fingerprint density at radius 1 is 1.04 bits per heavy atom. The third kappa shape index (κ3) is 5.08. The van der Waals surface area contributed by atoms with Crippen molar-refractivity contribution in [2.24, 2.45) is 5.73 Å². The van der Waals surface area contributed by atoms with Gasteiger partial charge in [0, 0.05) is 24.7 Å². The second-order valence-electron chi connectivity index (χ2n) is 6.78. The summed E-state index contributed by atoms with van der Waals surface area (Å²) >= 11 is 0. The van der Waals surface area contributed by atoms with Crippen molar-refractivity contribution in [1.29, 1.82) is 0 Å². The Kier molecular flexibility index (Phi) is 7.39. The first-order chi connectivity index (χ1) is 12.6. The molecule has 1 heterocycles. The van der Waals surface area contributed by atoms with E-state index < -0.39 is 6.04 Å². The molecular weight excluding hydrogens is 362 g/mol. The molecule has 1 aliphatic heterocycles. The fourth-order valence-corrected chi connectivity index (χ4v) is 3.33. The molecule has 1 fully saturated rings. The molecule has 1 unspecified atom stereocenters. The van der Waals surface area contributed by atoms with Crippen LogP contribution in [0.3, 0.4) is 0 Å². The van der Waals surface area contributed by atoms with Crippen LogP contribution in [0.5, 0.6) is 0 Å². The number of carbonyl (C=O) groups is 2. The first kappa shape index (κ1) is 20.9. The molecular formula is C21H26ClN3O2. The van der Waals surface area contributed by atoms with Gasteiger partial charge in [0.05, 0.1) is 0 Å². The van der Waals surface area contributed by atoms with E-state index in [-0.39, 0.29) is 30.3 Å². The van der Waals surface area contributed by atoms with Gasteiger partial charge in [-0.2, -0.15) is 0 Å². The molecule has 3 rings (SSSR count). The van der Waals surface area contributed by atoms with Gasteiger partial charge >= 0.3 is 0 Å². The van der Waals surface area contributed by atoms with Gasteiger partial charge in [0.1, 0.15) is 6.04 Å². The van der Waals surface area contributed by atoms with Crippen LogP contribution >= 0.6 is 12.4 Å². The Morgan fingerprint density at radius 3 is 2.26 bits per heavy atom. The van der Waals surface area contributed by atoms with E-state index in [1.807, 2.05) is 61.5 Å². The van der Waals surface area contributed by atoms with Crippen LogP contribution in [0, 0.1) is 6.92 Å². The normalized spacial score (nSPS) is 15.6. The first-order valence-corrected chi connectivity index (χ1v) is 9.02. The van der Waals surface area contributed by atoms with Gasteiger partial charge in [-0.1, -0.05) is 48.5 Å². The third-order valence-corrected chi connectivity index (χ3v) is 4.96. The van der Waals surface area contributed by atoms with Crippen molar-refractivity contribution >= 4 is 24.2 Å². The summed E-state index contributed by atoms with van der Waals surface area (Å²) in [4.78, 5) is 26.8. The minimum Gasteiger partial charge on any atom is -0.349 e. The zero-order valence-corrected chi connectivity index (χ0v) is 16.2. The number of nitrogens with one attached hydrogen (secondary N) is 1. The number of benzene rings is 2. The molecule has 0 aromatic heterocycles. The first-order valence-electron chi connectivity index (χ1n) is 9.02.